The van der Waals surface area contributed by atoms with Gasteiger partial charge in [-0.3, -0.25) is 4.57 Å². The third kappa shape index (κ3) is 3.26. The highest BCUT2D eigenvalue weighted by molar-refractivity contribution is 5.90. The first kappa shape index (κ1) is 19.0. The number of pyridine rings is 2. The van der Waals surface area contributed by atoms with E-state index in [9.17, 15) is 0 Å². The lowest BCUT2D eigenvalue weighted by Gasteiger charge is -2.13. The average Bonchev–Trinajstić information content (AvgIpc) is 3.23. The first-order valence-corrected chi connectivity index (χ1v) is 10.8. The molecule has 1 N–H and O–H groups in total. The minimum atomic E-state index is 0.635. The second-order valence-corrected chi connectivity index (χ2v) is 7.91. The number of nitrogens with zero attached hydrogens (tertiary/aromatic N) is 4. The molecule has 0 aliphatic carbocycles. The van der Waals surface area contributed by atoms with Gasteiger partial charge in [0.15, 0.2) is 0 Å². The molecule has 156 valence electrons. The van der Waals surface area contributed by atoms with E-state index in [-0.39, 0.29) is 0 Å². The van der Waals surface area contributed by atoms with Crippen molar-refractivity contribution in [3.8, 4) is 34.5 Å². The summed E-state index contributed by atoms with van der Waals surface area (Å²) in [5.41, 5.74) is 7.64. The Hall–Kier alpha value is -4.69. The van der Waals surface area contributed by atoms with Gasteiger partial charge in [-0.25, -0.2) is 9.97 Å². The van der Waals surface area contributed by atoms with Crippen molar-refractivity contribution in [2.45, 2.75) is 6.54 Å². The fraction of sp³-hybridized carbons (Fsp3) is 0.0357. The van der Waals surface area contributed by atoms with E-state index in [0.29, 0.717) is 5.56 Å². The minimum Gasteiger partial charge on any atom is -0.387 e. The lowest BCUT2D eigenvalue weighted by atomic mass is 10.1. The molecule has 33 heavy (non-hydrogen) atoms. The fourth-order valence-electron chi connectivity index (χ4n) is 4.38. The molecule has 5 nitrogen and oxygen atoms in total. The van der Waals surface area contributed by atoms with Crippen molar-refractivity contribution in [3.63, 3.8) is 0 Å². The topological polar surface area (TPSA) is 66.5 Å². The lowest BCUT2D eigenvalue weighted by molar-refractivity contribution is 0.852. The van der Waals surface area contributed by atoms with E-state index in [4.69, 9.17) is 15.2 Å². The number of nitrogens with one attached hydrogen (secondary N) is 1. The number of hydrogen-bond acceptors (Lipinski definition) is 4. The molecule has 1 aliphatic rings. The summed E-state index contributed by atoms with van der Waals surface area (Å²) >= 11 is 0. The lowest BCUT2D eigenvalue weighted by Crippen LogP contribution is -2.11. The van der Waals surface area contributed by atoms with Gasteiger partial charge in [0.1, 0.15) is 5.82 Å². The number of nitriles is 1. The van der Waals surface area contributed by atoms with Crippen molar-refractivity contribution in [1.82, 2.24) is 19.9 Å². The Morgan fingerprint density at radius 3 is 2.39 bits per heavy atom. The fourth-order valence-corrected chi connectivity index (χ4v) is 4.38. The standard InChI is InChI=1S/C28H19N5/c29-17-19-11-13-20(14-12-19)23-6-3-7-24(31-23)25-8-4-10-28(32-25)33-26-9-2-1-5-21(26)22-18-30-16-15-27(22)33/h1-16,30H,18H2. The molecule has 1 aliphatic heterocycles. The first-order valence-electron chi connectivity index (χ1n) is 10.8. The molecule has 5 heteroatoms. The highest BCUT2D eigenvalue weighted by Crippen LogP contribution is 2.32. The van der Waals surface area contributed by atoms with Gasteiger partial charge in [0.25, 0.3) is 0 Å². The summed E-state index contributed by atoms with van der Waals surface area (Å²) in [6.07, 6.45) is 4.10. The summed E-state index contributed by atoms with van der Waals surface area (Å²) in [4.78, 5) is 9.87. The van der Waals surface area contributed by atoms with Crippen LogP contribution in [0.25, 0.3) is 45.4 Å². The maximum atomic E-state index is 9.05. The zero-order chi connectivity index (χ0) is 22.2. The number of aromatic nitrogens is 3. The Morgan fingerprint density at radius 1 is 0.788 bits per heavy atom. The molecule has 0 atom stereocenters. The zero-order valence-electron chi connectivity index (χ0n) is 17.7. The number of benzene rings is 2. The van der Waals surface area contributed by atoms with E-state index in [1.165, 1.54) is 10.9 Å². The Kier molecular flexibility index (Phi) is 4.48. The number of fused-ring (bicyclic) bond motifs is 3. The number of rotatable bonds is 3. The summed E-state index contributed by atoms with van der Waals surface area (Å²) < 4.78 is 2.22. The van der Waals surface area contributed by atoms with Crippen LogP contribution in [0.5, 0.6) is 0 Å². The molecule has 0 bridgehead atoms. The van der Waals surface area contributed by atoms with Gasteiger partial charge in [-0.1, -0.05) is 42.5 Å². The molecule has 0 unspecified atom stereocenters. The van der Waals surface area contributed by atoms with Crippen LogP contribution < -0.4 is 5.32 Å². The molecule has 5 aromatic rings. The molecule has 4 heterocycles. The summed E-state index contributed by atoms with van der Waals surface area (Å²) in [6, 6.07) is 30.1. The highest BCUT2D eigenvalue weighted by atomic mass is 15.1. The predicted octanol–water partition coefficient (Wildman–Crippen LogP) is 5.70. The van der Waals surface area contributed by atoms with E-state index in [1.54, 1.807) is 0 Å². The van der Waals surface area contributed by atoms with E-state index in [0.717, 1.165) is 46.2 Å². The van der Waals surface area contributed by atoms with Crippen LogP contribution >= 0.6 is 0 Å². The normalized spacial score (nSPS) is 12.2. The van der Waals surface area contributed by atoms with Crippen LogP contribution in [0.3, 0.4) is 0 Å². The number of para-hydroxylation sites is 1. The van der Waals surface area contributed by atoms with Crippen LogP contribution in [0.2, 0.25) is 0 Å². The summed E-state index contributed by atoms with van der Waals surface area (Å²) in [5, 5.41) is 13.6. The second-order valence-electron chi connectivity index (χ2n) is 7.91. The van der Waals surface area contributed by atoms with Crippen molar-refractivity contribution in [2.75, 3.05) is 0 Å². The summed E-state index contributed by atoms with van der Waals surface area (Å²) in [7, 11) is 0. The first-order chi connectivity index (χ1) is 16.3. The maximum Gasteiger partial charge on any atom is 0.138 e. The molecule has 0 saturated carbocycles. The van der Waals surface area contributed by atoms with Crippen molar-refractivity contribution >= 4 is 17.0 Å². The summed E-state index contributed by atoms with van der Waals surface area (Å²) in [5.74, 6) is 0.863. The maximum absolute atomic E-state index is 9.05. The van der Waals surface area contributed by atoms with Crippen molar-refractivity contribution in [2.24, 2.45) is 0 Å². The molecule has 0 radical (unpaired) electrons. The average molecular weight is 425 g/mol. The van der Waals surface area contributed by atoms with Gasteiger partial charge < -0.3 is 5.32 Å². The molecule has 2 aromatic carbocycles. The smallest absolute Gasteiger partial charge is 0.138 e. The van der Waals surface area contributed by atoms with Crippen molar-refractivity contribution < 1.29 is 0 Å². The Morgan fingerprint density at radius 2 is 1.55 bits per heavy atom. The van der Waals surface area contributed by atoms with Gasteiger partial charge in [-0.2, -0.15) is 5.26 Å². The van der Waals surface area contributed by atoms with Gasteiger partial charge in [0, 0.05) is 23.1 Å². The Bertz CT molecular complexity index is 1570. The van der Waals surface area contributed by atoms with E-state index in [1.807, 2.05) is 66.9 Å². The SMILES string of the molecule is N#Cc1ccc(-c2cccc(-c3cccc(-n4c5c(c6ccccc64)CNC=C5)n3)n2)cc1. The molecular formula is C28H19N5. The van der Waals surface area contributed by atoms with Crippen LogP contribution in [-0.2, 0) is 6.54 Å². The Balaban J connectivity index is 1.46. The van der Waals surface area contributed by atoms with Crippen LogP contribution in [0.15, 0.2) is 91.1 Å². The van der Waals surface area contributed by atoms with Gasteiger partial charge in [0.2, 0.25) is 0 Å². The Labute approximate surface area is 191 Å². The third-order valence-corrected chi connectivity index (χ3v) is 5.94. The van der Waals surface area contributed by atoms with Crippen LogP contribution in [-0.4, -0.2) is 14.5 Å². The van der Waals surface area contributed by atoms with Crippen LogP contribution in [0, 0.1) is 11.3 Å². The highest BCUT2D eigenvalue weighted by Gasteiger charge is 2.19. The van der Waals surface area contributed by atoms with Gasteiger partial charge in [-0.05, 0) is 54.7 Å². The van der Waals surface area contributed by atoms with Gasteiger partial charge in [0.05, 0.1) is 39.9 Å². The van der Waals surface area contributed by atoms with Crippen LogP contribution in [0.1, 0.15) is 16.8 Å². The molecule has 3 aromatic heterocycles. The largest absolute Gasteiger partial charge is 0.387 e. The minimum absolute atomic E-state index is 0.635. The molecule has 0 saturated heterocycles. The van der Waals surface area contributed by atoms with Gasteiger partial charge >= 0.3 is 0 Å². The van der Waals surface area contributed by atoms with Crippen molar-refractivity contribution in [3.05, 3.63) is 108 Å². The quantitative estimate of drug-likeness (QED) is 0.403. The molecule has 0 spiro atoms. The van der Waals surface area contributed by atoms with E-state index < -0.39 is 0 Å². The zero-order valence-corrected chi connectivity index (χ0v) is 17.7. The van der Waals surface area contributed by atoms with E-state index in [2.05, 4.69) is 46.3 Å². The molecule has 6 rings (SSSR count). The summed E-state index contributed by atoms with van der Waals surface area (Å²) in [6.45, 7) is 0.799. The van der Waals surface area contributed by atoms with Gasteiger partial charge in [-0.15, -0.1) is 0 Å². The second kappa shape index (κ2) is 7.77. The van der Waals surface area contributed by atoms with Crippen molar-refractivity contribution in [1.29, 1.82) is 5.26 Å². The molecule has 0 fully saturated rings. The molecular weight excluding hydrogens is 406 g/mol. The molecule has 0 amide bonds. The van der Waals surface area contributed by atoms with Crippen LogP contribution in [0.4, 0.5) is 0 Å². The third-order valence-electron chi connectivity index (χ3n) is 5.94. The van der Waals surface area contributed by atoms with E-state index >= 15 is 0 Å². The predicted molar refractivity (Wildman–Crippen MR) is 130 cm³/mol. The number of hydrogen-bond donors (Lipinski definition) is 1. The monoisotopic (exact) mass is 425 g/mol.